The molecule has 0 radical (unpaired) electrons. The predicted molar refractivity (Wildman–Crippen MR) is 117 cm³/mol. The van der Waals surface area contributed by atoms with E-state index >= 15 is 0 Å². The summed E-state index contributed by atoms with van der Waals surface area (Å²) in [5.74, 6) is -0.193. The minimum Gasteiger partial charge on any atom is -0.368 e. The van der Waals surface area contributed by atoms with Gasteiger partial charge < -0.3 is 14.7 Å². The first-order chi connectivity index (χ1) is 13.9. The van der Waals surface area contributed by atoms with Gasteiger partial charge in [0, 0.05) is 45.0 Å². The number of piperazine rings is 1. The van der Waals surface area contributed by atoms with E-state index in [4.69, 9.17) is 0 Å². The number of amides is 2. The lowest BCUT2D eigenvalue weighted by atomic mass is 9.89. The summed E-state index contributed by atoms with van der Waals surface area (Å²) in [6.07, 6.45) is 0. The SMILES string of the molecule is CCN(Cc1ccccc1)C(=O)C(C)(C)C(=O)N1CCN(c2ccccc2)CC1. The maximum absolute atomic E-state index is 13.2. The summed E-state index contributed by atoms with van der Waals surface area (Å²) in [4.78, 5) is 32.4. The Morgan fingerprint density at radius 1 is 0.897 bits per heavy atom. The largest absolute Gasteiger partial charge is 0.368 e. The molecule has 1 saturated heterocycles. The van der Waals surface area contributed by atoms with Gasteiger partial charge in [-0.3, -0.25) is 9.59 Å². The fraction of sp³-hybridized carbons (Fsp3) is 0.417. The molecule has 3 rings (SSSR count). The molecule has 0 saturated carbocycles. The zero-order chi connectivity index (χ0) is 20.9. The molecule has 5 heteroatoms. The normalized spacial score (nSPS) is 14.6. The Morgan fingerprint density at radius 3 is 2.00 bits per heavy atom. The first-order valence-electron chi connectivity index (χ1n) is 10.4. The van der Waals surface area contributed by atoms with Crippen LogP contribution in [0.3, 0.4) is 0 Å². The molecule has 0 aromatic heterocycles. The van der Waals surface area contributed by atoms with E-state index < -0.39 is 5.41 Å². The van der Waals surface area contributed by atoms with E-state index in [9.17, 15) is 9.59 Å². The summed E-state index contributed by atoms with van der Waals surface area (Å²) in [5, 5.41) is 0. The van der Waals surface area contributed by atoms with Gasteiger partial charge in [-0.15, -0.1) is 0 Å². The number of hydrogen-bond donors (Lipinski definition) is 0. The molecule has 1 aliphatic heterocycles. The summed E-state index contributed by atoms with van der Waals surface area (Å²) < 4.78 is 0. The summed E-state index contributed by atoms with van der Waals surface area (Å²) in [5.41, 5.74) is 1.18. The molecular formula is C24H31N3O2. The fourth-order valence-corrected chi connectivity index (χ4v) is 3.82. The first-order valence-corrected chi connectivity index (χ1v) is 10.4. The van der Waals surface area contributed by atoms with Crippen LogP contribution in [0.15, 0.2) is 60.7 Å². The molecule has 2 aromatic rings. The lowest BCUT2D eigenvalue weighted by Gasteiger charge is -2.40. The number of carbonyl (C=O) groups excluding carboxylic acids is 2. The smallest absolute Gasteiger partial charge is 0.237 e. The van der Waals surface area contributed by atoms with Gasteiger partial charge in [0.05, 0.1) is 0 Å². The minimum atomic E-state index is -1.07. The highest BCUT2D eigenvalue weighted by Crippen LogP contribution is 2.25. The van der Waals surface area contributed by atoms with Crippen LogP contribution in [0.5, 0.6) is 0 Å². The van der Waals surface area contributed by atoms with Crippen LogP contribution >= 0.6 is 0 Å². The van der Waals surface area contributed by atoms with Gasteiger partial charge in [0.15, 0.2) is 0 Å². The summed E-state index contributed by atoms with van der Waals surface area (Å²) in [6.45, 7) is 9.40. The summed E-state index contributed by atoms with van der Waals surface area (Å²) >= 11 is 0. The van der Waals surface area contributed by atoms with E-state index in [0.29, 0.717) is 26.2 Å². The fourth-order valence-electron chi connectivity index (χ4n) is 3.82. The molecule has 154 valence electrons. The molecular weight excluding hydrogens is 362 g/mol. The molecule has 1 fully saturated rings. The highest BCUT2D eigenvalue weighted by molar-refractivity contribution is 6.04. The minimum absolute atomic E-state index is 0.0817. The van der Waals surface area contributed by atoms with Crippen LogP contribution in [0.25, 0.3) is 0 Å². The number of rotatable bonds is 6. The quantitative estimate of drug-likeness (QED) is 0.707. The number of anilines is 1. The predicted octanol–water partition coefficient (Wildman–Crippen LogP) is 3.41. The van der Waals surface area contributed by atoms with Crippen LogP contribution in [-0.4, -0.2) is 54.3 Å². The summed E-state index contributed by atoms with van der Waals surface area (Å²) in [6, 6.07) is 20.2. The third-order valence-corrected chi connectivity index (χ3v) is 5.64. The Labute approximate surface area is 173 Å². The van der Waals surface area contributed by atoms with Crippen molar-refractivity contribution in [3.63, 3.8) is 0 Å². The van der Waals surface area contributed by atoms with Crippen LogP contribution < -0.4 is 4.90 Å². The molecule has 0 spiro atoms. The summed E-state index contributed by atoms with van der Waals surface area (Å²) in [7, 11) is 0. The monoisotopic (exact) mass is 393 g/mol. The Balaban J connectivity index is 1.63. The average Bonchev–Trinajstić information content (AvgIpc) is 2.78. The van der Waals surface area contributed by atoms with Crippen LogP contribution in [-0.2, 0) is 16.1 Å². The third kappa shape index (κ3) is 4.78. The molecule has 1 aliphatic rings. The van der Waals surface area contributed by atoms with E-state index in [2.05, 4.69) is 17.0 Å². The second kappa shape index (κ2) is 9.12. The second-order valence-electron chi connectivity index (χ2n) is 8.04. The van der Waals surface area contributed by atoms with Gasteiger partial charge in [0.2, 0.25) is 11.8 Å². The van der Waals surface area contributed by atoms with Crippen molar-refractivity contribution < 1.29 is 9.59 Å². The zero-order valence-electron chi connectivity index (χ0n) is 17.7. The van der Waals surface area contributed by atoms with Gasteiger partial charge in [0.1, 0.15) is 5.41 Å². The van der Waals surface area contributed by atoms with Crippen molar-refractivity contribution in [1.29, 1.82) is 0 Å². The van der Waals surface area contributed by atoms with Crippen LogP contribution in [0.1, 0.15) is 26.3 Å². The Hall–Kier alpha value is -2.82. The molecule has 2 amide bonds. The maximum atomic E-state index is 13.2. The molecule has 0 atom stereocenters. The maximum Gasteiger partial charge on any atom is 0.237 e. The van der Waals surface area contributed by atoms with Gasteiger partial charge in [0.25, 0.3) is 0 Å². The number of carbonyl (C=O) groups is 2. The van der Waals surface area contributed by atoms with Gasteiger partial charge in [-0.1, -0.05) is 48.5 Å². The van der Waals surface area contributed by atoms with E-state index in [1.807, 2.05) is 60.4 Å². The molecule has 29 heavy (non-hydrogen) atoms. The standard InChI is InChI=1S/C24H31N3O2/c1-4-25(19-20-11-7-5-8-12-20)22(28)24(2,3)23(29)27-17-15-26(16-18-27)21-13-9-6-10-14-21/h5-14H,4,15-19H2,1-3H3. The second-order valence-corrected chi connectivity index (χ2v) is 8.04. The van der Waals surface area contributed by atoms with Crippen molar-refractivity contribution >= 4 is 17.5 Å². The molecule has 0 unspecified atom stereocenters. The topological polar surface area (TPSA) is 43.9 Å². The van der Waals surface area contributed by atoms with Crippen molar-refractivity contribution in [1.82, 2.24) is 9.80 Å². The van der Waals surface area contributed by atoms with E-state index in [-0.39, 0.29) is 11.8 Å². The molecule has 2 aromatic carbocycles. The van der Waals surface area contributed by atoms with Crippen molar-refractivity contribution in [2.75, 3.05) is 37.6 Å². The highest BCUT2D eigenvalue weighted by atomic mass is 16.2. The highest BCUT2D eigenvalue weighted by Gasteiger charge is 2.42. The average molecular weight is 394 g/mol. The first kappa shape index (κ1) is 20.9. The van der Waals surface area contributed by atoms with Gasteiger partial charge in [-0.25, -0.2) is 0 Å². The van der Waals surface area contributed by atoms with E-state index in [0.717, 1.165) is 18.7 Å². The number of nitrogens with zero attached hydrogens (tertiary/aromatic N) is 3. The number of para-hydroxylation sites is 1. The van der Waals surface area contributed by atoms with Crippen LogP contribution in [0.2, 0.25) is 0 Å². The Morgan fingerprint density at radius 2 is 1.45 bits per heavy atom. The van der Waals surface area contributed by atoms with E-state index in [1.165, 1.54) is 5.69 Å². The lowest BCUT2D eigenvalue weighted by Crippen LogP contribution is -2.56. The molecule has 0 N–H and O–H groups in total. The Bertz CT molecular complexity index is 813. The van der Waals surface area contributed by atoms with Gasteiger partial charge >= 0.3 is 0 Å². The third-order valence-electron chi connectivity index (χ3n) is 5.64. The molecule has 5 nitrogen and oxygen atoms in total. The van der Waals surface area contributed by atoms with Crippen molar-refractivity contribution in [3.8, 4) is 0 Å². The Kier molecular flexibility index (Phi) is 6.57. The molecule has 0 bridgehead atoms. The van der Waals surface area contributed by atoms with Gasteiger partial charge in [-0.05, 0) is 38.5 Å². The van der Waals surface area contributed by atoms with Crippen LogP contribution in [0, 0.1) is 5.41 Å². The number of hydrogen-bond acceptors (Lipinski definition) is 3. The molecule has 1 heterocycles. The van der Waals surface area contributed by atoms with Crippen molar-refractivity contribution in [2.45, 2.75) is 27.3 Å². The lowest BCUT2D eigenvalue weighted by molar-refractivity contribution is -0.154. The molecule has 0 aliphatic carbocycles. The van der Waals surface area contributed by atoms with Gasteiger partial charge in [-0.2, -0.15) is 0 Å². The van der Waals surface area contributed by atoms with Crippen molar-refractivity contribution in [2.24, 2.45) is 5.41 Å². The van der Waals surface area contributed by atoms with Crippen LogP contribution in [0.4, 0.5) is 5.69 Å². The van der Waals surface area contributed by atoms with Crippen molar-refractivity contribution in [3.05, 3.63) is 66.2 Å². The number of benzene rings is 2. The zero-order valence-corrected chi connectivity index (χ0v) is 17.7. The van der Waals surface area contributed by atoms with E-state index in [1.54, 1.807) is 18.7 Å².